The van der Waals surface area contributed by atoms with Crippen LogP contribution in [0.5, 0.6) is 0 Å². The van der Waals surface area contributed by atoms with Crippen LogP contribution in [0.4, 0.5) is 10.5 Å². The molecule has 2 amide bonds. The summed E-state index contributed by atoms with van der Waals surface area (Å²) in [6.07, 6.45) is 0.500. The SMILES string of the molecule is Cc1ccc(NC(=O)N(CCO)CCCO)c(C)c1. The second-order valence-corrected chi connectivity index (χ2v) is 4.54. The molecule has 1 aromatic rings. The molecular formula is C14H22N2O3. The maximum Gasteiger partial charge on any atom is 0.321 e. The third kappa shape index (κ3) is 4.89. The van der Waals surface area contributed by atoms with Crippen molar-refractivity contribution in [1.29, 1.82) is 0 Å². The summed E-state index contributed by atoms with van der Waals surface area (Å²) in [6, 6.07) is 5.55. The molecule has 0 aliphatic rings. The third-order valence-corrected chi connectivity index (χ3v) is 2.87. The predicted molar refractivity (Wildman–Crippen MR) is 75.3 cm³/mol. The van der Waals surface area contributed by atoms with Crippen LogP contribution in [0, 0.1) is 13.8 Å². The summed E-state index contributed by atoms with van der Waals surface area (Å²) >= 11 is 0. The maximum absolute atomic E-state index is 12.1. The lowest BCUT2D eigenvalue weighted by atomic mass is 10.1. The number of nitrogens with one attached hydrogen (secondary N) is 1. The minimum atomic E-state index is -0.255. The van der Waals surface area contributed by atoms with Crippen LogP contribution in [0.2, 0.25) is 0 Å². The van der Waals surface area contributed by atoms with E-state index in [4.69, 9.17) is 10.2 Å². The quantitative estimate of drug-likeness (QED) is 0.731. The van der Waals surface area contributed by atoms with Crippen LogP contribution in [0.25, 0.3) is 0 Å². The summed E-state index contributed by atoms with van der Waals surface area (Å²) < 4.78 is 0. The van der Waals surface area contributed by atoms with E-state index in [0.717, 1.165) is 16.8 Å². The zero-order chi connectivity index (χ0) is 14.3. The van der Waals surface area contributed by atoms with Crippen molar-refractivity contribution in [2.45, 2.75) is 20.3 Å². The van der Waals surface area contributed by atoms with Crippen molar-refractivity contribution in [1.82, 2.24) is 4.90 Å². The molecule has 1 rings (SSSR count). The second-order valence-electron chi connectivity index (χ2n) is 4.54. The lowest BCUT2D eigenvalue weighted by Crippen LogP contribution is -2.38. The summed E-state index contributed by atoms with van der Waals surface area (Å²) in [7, 11) is 0. The number of carbonyl (C=O) groups excluding carboxylic acids is 1. The van der Waals surface area contributed by atoms with Crippen LogP contribution < -0.4 is 5.32 Å². The van der Waals surface area contributed by atoms with Gasteiger partial charge < -0.3 is 20.4 Å². The molecule has 0 aliphatic heterocycles. The fraction of sp³-hybridized carbons (Fsp3) is 0.500. The number of aliphatic hydroxyl groups excluding tert-OH is 2. The Morgan fingerprint density at radius 3 is 2.53 bits per heavy atom. The van der Waals surface area contributed by atoms with Crippen LogP contribution in [0.3, 0.4) is 0 Å². The highest BCUT2D eigenvalue weighted by atomic mass is 16.3. The molecule has 19 heavy (non-hydrogen) atoms. The van der Waals surface area contributed by atoms with Crippen molar-refractivity contribution in [2.24, 2.45) is 0 Å². The topological polar surface area (TPSA) is 72.8 Å². The molecule has 0 aliphatic carbocycles. The molecule has 0 saturated heterocycles. The van der Waals surface area contributed by atoms with Crippen molar-refractivity contribution in [2.75, 3.05) is 31.6 Å². The number of benzene rings is 1. The van der Waals surface area contributed by atoms with Gasteiger partial charge in [0.2, 0.25) is 0 Å². The van der Waals surface area contributed by atoms with Gasteiger partial charge in [0.05, 0.1) is 6.61 Å². The molecule has 0 heterocycles. The average Bonchev–Trinajstić information content (AvgIpc) is 2.37. The van der Waals surface area contributed by atoms with E-state index >= 15 is 0 Å². The van der Waals surface area contributed by atoms with Crippen LogP contribution in [0.1, 0.15) is 17.5 Å². The van der Waals surface area contributed by atoms with E-state index in [2.05, 4.69) is 5.32 Å². The summed E-state index contributed by atoms with van der Waals surface area (Å²) in [5, 5.41) is 20.6. The number of urea groups is 1. The Balaban J connectivity index is 2.69. The highest BCUT2D eigenvalue weighted by molar-refractivity contribution is 5.90. The first-order valence-electron chi connectivity index (χ1n) is 6.43. The van der Waals surface area contributed by atoms with Crippen LogP contribution in [-0.4, -0.2) is 47.4 Å². The fourth-order valence-corrected chi connectivity index (χ4v) is 1.85. The van der Waals surface area contributed by atoms with Gasteiger partial charge in [-0.15, -0.1) is 0 Å². The molecule has 0 saturated carbocycles. The normalized spacial score (nSPS) is 10.3. The number of aryl methyl sites for hydroxylation is 2. The number of anilines is 1. The summed E-state index contributed by atoms with van der Waals surface area (Å²) in [5.74, 6) is 0. The van der Waals surface area contributed by atoms with E-state index in [1.807, 2.05) is 32.0 Å². The van der Waals surface area contributed by atoms with Gasteiger partial charge in [-0.1, -0.05) is 17.7 Å². The van der Waals surface area contributed by atoms with Crippen molar-refractivity contribution in [3.63, 3.8) is 0 Å². The third-order valence-electron chi connectivity index (χ3n) is 2.87. The Kier molecular flexibility index (Phi) is 6.32. The van der Waals surface area contributed by atoms with Gasteiger partial charge in [-0.25, -0.2) is 4.79 Å². The highest BCUT2D eigenvalue weighted by Gasteiger charge is 2.13. The van der Waals surface area contributed by atoms with Gasteiger partial charge in [0, 0.05) is 25.4 Å². The van der Waals surface area contributed by atoms with Crippen molar-refractivity contribution < 1.29 is 15.0 Å². The van der Waals surface area contributed by atoms with E-state index in [1.54, 1.807) is 0 Å². The summed E-state index contributed by atoms with van der Waals surface area (Å²) in [4.78, 5) is 13.6. The Morgan fingerprint density at radius 1 is 1.21 bits per heavy atom. The van der Waals surface area contributed by atoms with Gasteiger partial charge in [-0.2, -0.15) is 0 Å². The number of aliphatic hydroxyl groups is 2. The van der Waals surface area contributed by atoms with Gasteiger partial charge >= 0.3 is 6.03 Å². The number of carbonyl (C=O) groups is 1. The van der Waals surface area contributed by atoms with Gasteiger partial charge in [-0.3, -0.25) is 0 Å². The first-order chi connectivity index (χ1) is 9.08. The van der Waals surface area contributed by atoms with E-state index in [0.29, 0.717) is 13.0 Å². The molecule has 106 valence electrons. The Labute approximate surface area is 113 Å². The smallest absolute Gasteiger partial charge is 0.321 e. The Hall–Kier alpha value is -1.59. The second kappa shape index (κ2) is 7.76. The maximum atomic E-state index is 12.1. The van der Waals surface area contributed by atoms with Gasteiger partial charge in [0.1, 0.15) is 0 Å². The minimum absolute atomic E-state index is 0.0266. The van der Waals surface area contributed by atoms with Crippen molar-refractivity contribution >= 4 is 11.7 Å². The van der Waals surface area contributed by atoms with Gasteiger partial charge in [0.15, 0.2) is 0 Å². The van der Waals surface area contributed by atoms with Gasteiger partial charge in [-0.05, 0) is 31.9 Å². The van der Waals surface area contributed by atoms with E-state index < -0.39 is 0 Å². The first-order valence-corrected chi connectivity index (χ1v) is 6.43. The number of nitrogens with zero attached hydrogens (tertiary/aromatic N) is 1. The van der Waals surface area contributed by atoms with Crippen molar-refractivity contribution in [3.8, 4) is 0 Å². The lowest BCUT2D eigenvalue weighted by Gasteiger charge is -2.22. The Bertz CT molecular complexity index is 421. The number of hydrogen-bond donors (Lipinski definition) is 3. The lowest BCUT2D eigenvalue weighted by molar-refractivity contribution is 0.180. The van der Waals surface area contributed by atoms with Crippen LogP contribution >= 0.6 is 0 Å². The summed E-state index contributed by atoms with van der Waals surface area (Å²) in [5.41, 5.74) is 2.91. The predicted octanol–water partition coefficient (Wildman–Crippen LogP) is 1.51. The van der Waals surface area contributed by atoms with E-state index in [-0.39, 0.29) is 25.8 Å². The fourth-order valence-electron chi connectivity index (χ4n) is 1.85. The van der Waals surface area contributed by atoms with Crippen LogP contribution in [0.15, 0.2) is 18.2 Å². The molecule has 0 atom stereocenters. The zero-order valence-electron chi connectivity index (χ0n) is 11.5. The molecule has 0 radical (unpaired) electrons. The zero-order valence-corrected chi connectivity index (χ0v) is 11.5. The highest BCUT2D eigenvalue weighted by Crippen LogP contribution is 2.16. The molecular weight excluding hydrogens is 244 g/mol. The molecule has 0 unspecified atom stereocenters. The molecule has 5 nitrogen and oxygen atoms in total. The van der Waals surface area contributed by atoms with Crippen LogP contribution in [-0.2, 0) is 0 Å². The monoisotopic (exact) mass is 266 g/mol. The van der Waals surface area contributed by atoms with E-state index in [9.17, 15) is 4.79 Å². The van der Waals surface area contributed by atoms with Gasteiger partial charge in [0.25, 0.3) is 0 Å². The van der Waals surface area contributed by atoms with Crippen molar-refractivity contribution in [3.05, 3.63) is 29.3 Å². The molecule has 0 fully saturated rings. The Morgan fingerprint density at radius 2 is 1.95 bits per heavy atom. The number of amides is 2. The summed E-state index contributed by atoms with van der Waals surface area (Å²) in [6.45, 7) is 4.56. The molecule has 0 bridgehead atoms. The largest absolute Gasteiger partial charge is 0.396 e. The molecule has 5 heteroatoms. The average molecular weight is 266 g/mol. The molecule has 0 aromatic heterocycles. The number of hydrogen-bond acceptors (Lipinski definition) is 3. The standard InChI is InChI=1S/C14H22N2O3/c1-11-4-5-13(12(2)10-11)15-14(19)16(7-9-18)6-3-8-17/h4-5,10,17-18H,3,6-9H2,1-2H3,(H,15,19). The number of rotatable bonds is 6. The minimum Gasteiger partial charge on any atom is -0.396 e. The molecule has 1 aromatic carbocycles. The molecule has 0 spiro atoms. The van der Waals surface area contributed by atoms with E-state index in [1.165, 1.54) is 4.90 Å². The first kappa shape index (κ1) is 15.5. The molecule has 3 N–H and O–H groups in total.